The van der Waals surface area contributed by atoms with Crippen molar-refractivity contribution in [1.29, 1.82) is 0 Å². The van der Waals surface area contributed by atoms with E-state index in [0.717, 1.165) is 11.1 Å². The van der Waals surface area contributed by atoms with Gasteiger partial charge >= 0.3 is 0 Å². The van der Waals surface area contributed by atoms with Gasteiger partial charge in [-0.2, -0.15) is 5.10 Å². The molecule has 0 radical (unpaired) electrons. The van der Waals surface area contributed by atoms with E-state index in [1.807, 2.05) is 18.2 Å². The largest absolute Gasteiger partial charge is 0.259 e. The highest BCUT2D eigenvalue weighted by Gasteiger charge is 2.06. The number of nitrogens with zero attached hydrogens (tertiary/aromatic N) is 3. The van der Waals surface area contributed by atoms with Crippen LogP contribution in [0.25, 0.3) is 11.6 Å². The second-order valence-electron chi connectivity index (χ2n) is 3.17. The molecule has 5 nitrogen and oxygen atoms in total. The molecular formula is C10H9N3O2. The smallest absolute Gasteiger partial charge is 0.243 e. The second kappa shape index (κ2) is 3.53. The molecule has 0 aliphatic heterocycles. The van der Waals surface area contributed by atoms with E-state index >= 15 is 0 Å². The van der Waals surface area contributed by atoms with Crippen LogP contribution < -0.4 is 0 Å². The van der Waals surface area contributed by atoms with E-state index in [1.165, 1.54) is 13.0 Å². The van der Waals surface area contributed by atoms with Crippen LogP contribution in [0.15, 0.2) is 36.3 Å². The zero-order valence-corrected chi connectivity index (χ0v) is 8.12. The van der Waals surface area contributed by atoms with Crippen molar-refractivity contribution >= 4 is 11.6 Å². The summed E-state index contributed by atoms with van der Waals surface area (Å²) in [6.45, 7) is 1.46. The number of aromatic nitrogens is 2. The zero-order chi connectivity index (χ0) is 10.8. The fraction of sp³-hybridized carbons (Fsp3) is 0.100. The van der Waals surface area contributed by atoms with Crippen LogP contribution >= 0.6 is 0 Å². The van der Waals surface area contributed by atoms with Gasteiger partial charge in [0, 0.05) is 24.8 Å². The van der Waals surface area contributed by atoms with E-state index in [1.54, 1.807) is 16.9 Å². The van der Waals surface area contributed by atoms with Crippen molar-refractivity contribution in [2.45, 2.75) is 6.92 Å². The minimum absolute atomic E-state index is 0.105. The molecule has 0 saturated carbocycles. The first-order valence-electron chi connectivity index (χ1n) is 4.43. The Hall–Kier alpha value is -2.17. The highest BCUT2D eigenvalue weighted by atomic mass is 16.6. The van der Waals surface area contributed by atoms with Gasteiger partial charge in [0.25, 0.3) is 0 Å². The molecule has 0 aliphatic carbocycles. The number of allylic oxidation sites excluding steroid dienone is 1. The lowest BCUT2D eigenvalue weighted by atomic mass is 10.2. The maximum Gasteiger partial charge on any atom is 0.243 e. The second-order valence-corrected chi connectivity index (χ2v) is 3.17. The van der Waals surface area contributed by atoms with Gasteiger partial charge in [-0.05, 0) is 12.1 Å². The number of fused-ring (bicyclic) bond motifs is 1. The Morgan fingerprint density at radius 1 is 1.60 bits per heavy atom. The van der Waals surface area contributed by atoms with E-state index in [9.17, 15) is 10.1 Å². The van der Waals surface area contributed by atoms with Gasteiger partial charge in [-0.15, -0.1) is 0 Å². The third kappa shape index (κ3) is 1.71. The molecule has 0 aliphatic rings. The van der Waals surface area contributed by atoms with Crippen LogP contribution in [0.4, 0.5) is 0 Å². The van der Waals surface area contributed by atoms with Crippen LogP contribution in [0.5, 0.6) is 0 Å². The molecule has 0 unspecified atom stereocenters. The topological polar surface area (TPSA) is 60.4 Å². The van der Waals surface area contributed by atoms with Gasteiger partial charge in [-0.1, -0.05) is 6.07 Å². The lowest BCUT2D eigenvalue weighted by Gasteiger charge is -1.92. The normalized spacial score (nSPS) is 11.9. The number of hydrogen-bond acceptors (Lipinski definition) is 3. The van der Waals surface area contributed by atoms with Gasteiger partial charge < -0.3 is 0 Å². The maximum atomic E-state index is 10.5. The summed E-state index contributed by atoms with van der Waals surface area (Å²) in [5, 5.41) is 14.6. The van der Waals surface area contributed by atoms with Crippen LogP contribution in [0.2, 0.25) is 0 Å². The lowest BCUT2D eigenvalue weighted by Crippen LogP contribution is -1.92. The van der Waals surface area contributed by atoms with E-state index in [-0.39, 0.29) is 5.70 Å². The minimum Gasteiger partial charge on any atom is -0.259 e. The standard InChI is InChI=1S/C10H9N3O2/c1-8(13(14)15)6-9-7-11-12-5-3-2-4-10(9)12/h2-7H,1H3/b8-6+. The van der Waals surface area contributed by atoms with Crippen molar-refractivity contribution in [3.63, 3.8) is 0 Å². The Bertz CT molecular complexity index is 542. The number of pyridine rings is 1. The molecule has 0 amide bonds. The minimum atomic E-state index is -0.410. The summed E-state index contributed by atoms with van der Waals surface area (Å²) in [6, 6.07) is 5.59. The highest BCUT2D eigenvalue weighted by Crippen LogP contribution is 2.13. The van der Waals surface area contributed by atoms with Crippen LogP contribution in [-0.4, -0.2) is 14.5 Å². The summed E-state index contributed by atoms with van der Waals surface area (Å²) in [5.74, 6) is 0. The Kier molecular flexibility index (Phi) is 2.21. The number of hydrogen-bond donors (Lipinski definition) is 0. The van der Waals surface area contributed by atoms with Crippen molar-refractivity contribution in [3.8, 4) is 0 Å². The SMILES string of the molecule is C/C(=C\c1cnn2ccccc12)[N+](=O)[O-]. The fourth-order valence-electron chi connectivity index (χ4n) is 1.34. The summed E-state index contributed by atoms with van der Waals surface area (Å²) >= 11 is 0. The molecule has 76 valence electrons. The van der Waals surface area contributed by atoms with Gasteiger partial charge in [-0.3, -0.25) is 10.1 Å². The molecule has 0 bridgehead atoms. The first-order chi connectivity index (χ1) is 7.18. The lowest BCUT2D eigenvalue weighted by molar-refractivity contribution is -0.422. The molecule has 2 aromatic heterocycles. The average Bonchev–Trinajstić information content (AvgIpc) is 2.62. The Labute approximate surface area is 85.8 Å². The summed E-state index contributed by atoms with van der Waals surface area (Å²) < 4.78 is 1.68. The molecular weight excluding hydrogens is 194 g/mol. The van der Waals surface area contributed by atoms with Crippen molar-refractivity contribution in [2.75, 3.05) is 0 Å². The van der Waals surface area contributed by atoms with Crippen LogP contribution in [0.1, 0.15) is 12.5 Å². The van der Waals surface area contributed by atoms with Crippen molar-refractivity contribution in [2.24, 2.45) is 0 Å². The Morgan fingerprint density at radius 3 is 3.13 bits per heavy atom. The van der Waals surface area contributed by atoms with Crippen LogP contribution in [0, 0.1) is 10.1 Å². The van der Waals surface area contributed by atoms with Crippen molar-refractivity contribution in [3.05, 3.63) is 52.0 Å². The monoisotopic (exact) mass is 203 g/mol. The molecule has 0 spiro atoms. The molecule has 2 heterocycles. The molecule has 15 heavy (non-hydrogen) atoms. The summed E-state index contributed by atoms with van der Waals surface area (Å²) in [4.78, 5) is 10.1. The third-order valence-electron chi connectivity index (χ3n) is 2.11. The molecule has 0 saturated heterocycles. The molecule has 2 rings (SSSR count). The summed E-state index contributed by atoms with van der Waals surface area (Å²) in [5.41, 5.74) is 1.72. The van der Waals surface area contributed by atoms with Gasteiger partial charge in [0.05, 0.1) is 16.6 Å². The van der Waals surface area contributed by atoms with Crippen molar-refractivity contribution < 1.29 is 4.92 Å². The summed E-state index contributed by atoms with van der Waals surface area (Å²) in [6.07, 6.45) is 4.93. The predicted octanol–water partition coefficient (Wildman–Crippen LogP) is 1.97. The molecule has 5 heteroatoms. The van der Waals surface area contributed by atoms with Gasteiger partial charge in [0.15, 0.2) is 0 Å². The van der Waals surface area contributed by atoms with Crippen molar-refractivity contribution in [1.82, 2.24) is 9.61 Å². The van der Waals surface area contributed by atoms with E-state index < -0.39 is 4.92 Å². The van der Waals surface area contributed by atoms with Crippen LogP contribution in [-0.2, 0) is 0 Å². The maximum absolute atomic E-state index is 10.5. The first kappa shape index (κ1) is 9.39. The zero-order valence-electron chi connectivity index (χ0n) is 8.12. The summed E-state index contributed by atoms with van der Waals surface area (Å²) in [7, 11) is 0. The predicted molar refractivity (Wildman–Crippen MR) is 55.8 cm³/mol. The van der Waals surface area contributed by atoms with E-state index in [2.05, 4.69) is 5.10 Å². The van der Waals surface area contributed by atoms with E-state index in [0.29, 0.717) is 0 Å². The quantitative estimate of drug-likeness (QED) is 0.553. The average molecular weight is 203 g/mol. The van der Waals surface area contributed by atoms with Gasteiger partial charge in [0.2, 0.25) is 5.70 Å². The Morgan fingerprint density at radius 2 is 2.40 bits per heavy atom. The first-order valence-corrected chi connectivity index (χ1v) is 4.43. The number of nitro groups is 1. The number of rotatable bonds is 2. The van der Waals surface area contributed by atoms with Gasteiger partial charge in [0.1, 0.15) is 0 Å². The third-order valence-corrected chi connectivity index (χ3v) is 2.11. The molecule has 2 aromatic rings. The molecule has 0 N–H and O–H groups in total. The molecule has 0 aromatic carbocycles. The van der Waals surface area contributed by atoms with E-state index in [4.69, 9.17) is 0 Å². The van der Waals surface area contributed by atoms with Crippen LogP contribution in [0.3, 0.4) is 0 Å². The molecule has 0 atom stereocenters. The van der Waals surface area contributed by atoms with Gasteiger partial charge in [-0.25, -0.2) is 4.52 Å². The highest BCUT2D eigenvalue weighted by molar-refractivity contribution is 5.68. The Balaban J connectivity index is 2.54. The fourth-order valence-corrected chi connectivity index (χ4v) is 1.34. The molecule has 0 fully saturated rings.